The fourth-order valence-electron chi connectivity index (χ4n) is 5.28. The average molecular weight is 411 g/mol. The van der Waals surface area contributed by atoms with Gasteiger partial charge in [-0.3, -0.25) is 9.69 Å². The Balaban J connectivity index is 1.42. The summed E-state index contributed by atoms with van der Waals surface area (Å²) in [4.78, 5) is 17.6. The molecule has 1 heterocycles. The Kier molecular flexibility index (Phi) is 5.94. The third-order valence-corrected chi connectivity index (χ3v) is 6.74. The largest absolute Gasteiger partial charge is 0.387 e. The second-order valence-corrected chi connectivity index (χ2v) is 9.16. The number of benzene rings is 2. The van der Waals surface area contributed by atoms with Crippen LogP contribution in [0, 0.1) is 5.82 Å². The van der Waals surface area contributed by atoms with Gasteiger partial charge in [0.25, 0.3) is 0 Å². The minimum Gasteiger partial charge on any atom is -0.387 e. The number of β-amino-alcohol motifs (C(OH)–C–C–N with tert-alkyl or cyclic N) is 1. The number of hydrogen-bond donors (Lipinski definition) is 1. The normalized spacial score (nSPS) is 23.3. The van der Waals surface area contributed by atoms with Gasteiger partial charge in [-0.25, -0.2) is 4.39 Å². The minimum atomic E-state index is -0.916. The van der Waals surface area contributed by atoms with Crippen LogP contribution in [0.25, 0.3) is 0 Å². The SMILES string of the molecule is CN(Cc1ccc(F)cc1)C[C@@]1(O)CCN(C(=O)C2(c3ccccc3)CCCC2)C1. The number of likely N-dealkylation sites (tertiary alicyclic amines) is 1. The zero-order chi connectivity index (χ0) is 21.2. The highest BCUT2D eigenvalue weighted by molar-refractivity contribution is 5.89. The van der Waals surface area contributed by atoms with Gasteiger partial charge >= 0.3 is 0 Å². The standard InChI is InChI=1S/C25H31FN2O2/c1-27(17-20-9-11-22(26)12-10-20)18-24(30)15-16-28(19-24)23(29)25(13-5-6-14-25)21-7-3-2-4-8-21/h2-4,7-12,30H,5-6,13-19H2,1H3/t24-/m0/s1. The first-order chi connectivity index (χ1) is 14.4. The van der Waals surface area contributed by atoms with E-state index < -0.39 is 11.0 Å². The summed E-state index contributed by atoms with van der Waals surface area (Å²) in [6.07, 6.45) is 4.49. The maximum Gasteiger partial charge on any atom is 0.233 e. The van der Waals surface area contributed by atoms with Crippen molar-refractivity contribution >= 4 is 5.91 Å². The molecule has 0 aromatic heterocycles. The van der Waals surface area contributed by atoms with Gasteiger partial charge in [0, 0.05) is 19.6 Å². The molecular weight excluding hydrogens is 379 g/mol. The van der Waals surface area contributed by atoms with Crippen LogP contribution in [0.1, 0.15) is 43.2 Å². The van der Waals surface area contributed by atoms with Gasteiger partial charge < -0.3 is 10.0 Å². The number of halogens is 1. The first-order valence-corrected chi connectivity index (χ1v) is 10.9. The Morgan fingerprint density at radius 3 is 2.40 bits per heavy atom. The van der Waals surface area contributed by atoms with Gasteiger partial charge in [0.1, 0.15) is 5.82 Å². The maximum absolute atomic E-state index is 13.6. The molecule has 0 spiro atoms. The zero-order valence-corrected chi connectivity index (χ0v) is 17.7. The lowest BCUT2D eigenvalue weighted by atomic mass is 9.77. The molecule has 0 radical (unpaired) electrons. The highest BCUT2D eigenvalue weighted by Gasteiger charge is 2.48. The number of likely N-dealkylation sites (N-methyl/N-ethyl adjacent to an activating group) is 1. The van der Waals surface area contributed by atoms with E-state index in [4.69, 9.17) is 0 Å². The van der Waals surface area contributed by atoms with E-state index in [1.165, 1.54) is 12.1 Å². The molecule has 160 valence electrons. The molecule has 1 amide bonds. The Bertz CT molecular complexity index is 864. The summed E-state index contributed by atoms with van der Waals surface area (Å²) in [5, 5.41) is 11.2. The molecular formula is C25H31FN2O2. The topological polar surface area (TPSA) is 43.8 Å². The van der Waals surface area contributed by atoms with E-state index in [-0.39, 0.29) is 11.7 Å². The van der Waals surface area contributed by atoms with E-state index in [9.17, 15) is 14.3 Å². The quantitative estimate of drug-likeness (QED) is 0.789. The van der Waals surface area contributed by atoms with Crippen LogP contribution in [0.5, 0.6) is 0 Å². The third kappa shape index (κ3) is 4.28. The maximum atomic E-state index is 13.6. The van der Waals surface area contributed by atoms with E-state index in [1.807, 2.05) is 35.0 Å². The molecule has 0 bridgehead atoms. The van der Waals surface area contributed by atoms with Crippen LogP contribution >= 0.6 is 0 Å². The fourth-order valence-corrected chi connectivity index (χ4v) is 5.28. The van der Waals surface area contributed by atoms with Crippen LogP contribution in [0.4, 0.5) is 4.39 Å². The summed E-state index contributed by atoms with van der Waals surface area (Å²) in [7, 11) is 1.95. The molecule has 0 unspecified atom stereocenters. The van der Waals surface area contributed by atoms with Gasteiger partial charge in [-0.05, 0) is 49.6 Å². The molecule has 1 aliphatic heterocycles. The lowest BCUT2D eigenvalue weighted by molar-refractivity contribution is -0.137. The Morgan fingerprint density at radius 2 is 1.73 bits per heavy atom. The van der Waals surface area contributed by atoms with Crippen molar-refractivity contribution < 1.29 is 14.3 Å². The molecule has 2 aliphatic rings. The molecule has 4 rings (SSSR count). The van der Waals surface area contributed by atoms with Crippen LogP contribution in [-0.4, -0.2) is 53.1 Å². The number of nitrogens with zero attached hydrogens (tertiary/aromatic N) is 2. The van der Waals surface area contributed by atoms with Gasteiger partial charge in [-0.1, -0.05) is 55.3 Å². The molecule has 4 nitrogen and oxygen atoms in total. The Hall–Kier alpha value is -2.24. The van der Waals surface area contributed by atoms with Crippen LogP contribution in [-0.2, 0) is 16.8 Å². The van der Waals surface area contributed by atoms with Crippen LogP contribution in [0.2, 0.25) is 0 Å². The number of aliphatic hydroxyl groups is 1. The first kappa shape index (κ1) is 21.0. The Morgan fingerprint density at radius 1 is 1.07 bits per heavy atom. The molecule has 30 heavy (non-hydrogen) atoms. The summed E-state index contributed by atoms with van der Waals surface area (Å²) in [5.74, 6) is -0.0763. The van der Waals surface area contributed by atoms with E-state index in [2.05, 4.69) is 12.1 Å². The summed E-state index contributed by atoms with van der Waals surface area (Å²) in [6.45, 7) is 2.07. The second-order valence-electron chi connectivity index (χ2n) is 9.16. The monoisotopic (exact) mass is 410 g/mol. The van der Waals surface area contributed by atoms with Crippen LogP contribution in [0.15, 0.2) is 54.6 Å². The molecule has 2 aromatic rings. The predicted molar refractivity (Wildman–Crippen MR) is 115 cm³/mol. The van der Waals surface area contributed by atoms with Crippen LogP contribution in [0.3, 0.4) is 0 Å². The van der Waals surface area contributed by atoms with E-state index in [0.29, 0.717) is 32.6 Å². The molecule has 1 N–H and O–H groups in total. The van der Waals surface area contributed by atoms with Gasteiger partial charge in [-0.15, -0.1) is 0 Å². The number of rotatable bonds is 6. The van der Waals surface area contributed by atoms with E-state index in [1.54, 1.807) is 12.1 Å². The highest BCUT2D eigenvalue weighted by atomic mass is 19.1. The minimum absolute atomic E-state index is 0.170. The lowest BCUT2D eigenvalue weighted by Crippen LogP contribution is -2.48. The van der Waals surface area contributed by atoms with Crippen molar-refractivity contribution in [2.75, 3.05) is 26.7 Å². The Labute approximate surface area is 178 Å². The summed E-state index contributed by atoms with van der Waals surface area (Å²) in [5.41, 5.74) is 0.756. The molecule has 5 heteroatoms. The average Bonchev–Trinajstić information content (AvgIpc) is 3.38. The van der Waals surface area contributed by atoms with Gasteiger partial charge in [0.2, 0.25) is 5.91 Å². The molecule has 2 aromatic carbocycles. The lowest BCUT2D eigenvalue weighted by Gasteiger charge is -2.34. The van der Waals surface area contributed by atoms with Crippen molar-refractivity contribution in [1.29, 1.82) is 0 Å². The highest BCUT2D eigenvalue weighted by Crippen LogP contribution is 2.43. The summed E-state index contributed by atoms with van der Waals surface area (Å²) in [6, 6.07) is 16.6. The summed E-state index contributed by atoms with van der Waals surface area (Å²) >= 11 is 0. The smallest absolute Gasteiger partial charge is 0.233 e. The second kappa shape index (κ2) is 8.48. The molecule has 1 saturated carbocycles. The van der Waals surface area contributed by atoms with Crippen molar-refractivity contribution in [1.82, 2.24) is 9.80 Å². The van der Waals surface area contributed by atoms with Crippen molar-refractivity contribution in [3.05, 3.63) is 71.5 Å². The van der Waals surface area contributed by atoms with Crippen molar-refractivity contribution in [2.45, 2.75) is 49.7 Å². The molecule has 1 atom stereocenters. The molecule has 1 saturated heterocycles. The molecule has 1 aliphatic carbocycles. The van der Waals surface area contributed by atoms with Gasteiger partial charge in [0.15, 0.2) is 0 Å². The van der Waals surface area contributed by atoms with E-state index >= 15 is 0 Å². The third-order valence-electron chi connectivity index (χ3n) is 6.74. The number of hydrogen-bond acceptors (Lipinski definition) is 3. The van der Waals surface area contributed by atoms with Gasteiger partial charge in [0.05, 0.1) is 17.6 Å². The van der Waals surface area contributed by atoms with Crippen molar-refractivity contribution in [2.24, 2.45) is 0 Å². The molecule has 2 fully saturated rings. The number of amides is 1. The van der Waals surface area contributed by atoms with Crippen molar-refractivity contribution in [3.63, 3.8) is 0 Å². The summed E-state index contributed by atoms with van der Waals surface area (Å²) < 4.78 is 13.1. The van der Waals surface area contributed by atoms with E-state index in [0.717, 1.165) is 36.8 Å². The van der Waals surface area contributed by atoms with Crippen molar-refractivity contribution in [3.8, 4) is 0 Å². The first-order valence-electron chi connectivity index (χ1n) is 10.9. The fraction of sp³-hybridized carbons (Fsp3) is 0.480. The van der Waals surface area contributed by atoms with Crippen LogP contribution < -0.4 is 0 Å². The predicted octanol–water partition coefficient (Wildman–Crippen LogP) is 3.73. The van der Waals surface area contributed by atoms with Gasteiger partial charge in [-0.2, -0.15) is 0 Å². The zero-order valence-electron chi connectivity index (χ0n) is 17.7. The number of carbonyl (C=O) groups excluding carboxylic acids is 1. The number of carbonyl (C=O) groups is 1.